The molecule has 0 radical (unpaired) electrons. The Morgan fingerprint density at radius 2 is 1.47 bits per heavy atom. The van der Waals surface area contributed by atoms with Crippen LogP contribution in [0.2, 0.25) is 0 Å². The van der Waals surface area contributed by atoms with Crippen LogP contribution in [-0.2, 0) is 60.6 Å². The number of carbonyl (C=O) groups excluding carboxylic acids is 1. The van der Waals surface area contributed by atoms with E-state index < -0.39 is 11.6 Å². The van der Waals surface area contributed by atoms with Crippen molar-refractivity contribution in [1.29, 1.82) is 0 Å². The monoisotopic (exact) mass is 656 g/mol. The van der Waals surface area contributed by atoms with Crippen molar-refractivity contribution in [3.63, 3.8) is 0 Å². The maximum Gasteiger partial charge on any atom is 0.173 e. The van der Waals surface area contributed by atoms with E-state index in [-0.39, 0.29) is 55.9 Å². The summed E-state index contributed by atoms with van der Waals surface area (Å²) in [7, 11) is 1.58. The average Bonchev–Trinajstić information content (AvgIpc) is 3.48. The standard InChI is InChI=1S/C37H52O10/c1-36(2)46-32(18-30(38)19-34-22-37(43-16-17-44-37)23-35(45-34)26-41-27-39-3)21-33(47-36)20-31(42-25-29-12-8-5-9-13-29)14-15-40-24-28-10-6-4-7-11-28/h4-13,31-35H,14-27H2,1-3H3/t31-,32+,33+,34+,35+/m0/s1. The van der Waals surface area contributed by atoms with Crippen molar-refractivity contribution in [2.75, 3.05) is 40.3 Å². The number of carbonyl (C=O) groups is 1. The quantitative estimate of drug-likeness (QED) is 0.146. The van der Waals surface area contributed by atoms with Crippen LogP contribution in [0.1, 0.15) is 69.9 Å². The average molecular weight is 657 g/mol. The molecule has 0 N–H and O–H groups in total. The Kier molecular flexibility index (Phi) is 13.8. The van der Waals surface area contributed by atoms with E-state index in [1.54, 1.807) is 7.11 Å². The molecular formula is C37H52O10. The molecule has 3 aliphatic heterocycles. The van der Waals surface area contributed by atoms with Crippen molar-refractivity contribution in [1.82, 2.24) is 0 Å². The van der Waals surface area contributed by atoms with Crippen LogP contribution in [0.4, 0.5) is 0 Å². The zero-order valence-corrected chi connectivity index (χ0v) is 28.1. The predicted octanol–water partition coefficient (Wildman–Crippen LogP) is 5.74. The molecule has 2 aromatic rings. The van der Waals surface area contributed by atoms with Gasteiger partial charge in [-0.1, -0.05) is 60.7 Å². The smallest absolute Gasteiger partial charge is 0.173 e. The second kappa shape index (κ2) is 17.9. The maximum atomic E-state index is 13.5. The third-order valence-corrected chi connectivity index (χ3v) is 8.67. The van der Waals surface area contributed by atoms with Gasteiger partial charge < -0.3 is 42.6 Å². The predicted molar refractivity (Wildman–Crippen MR) is 173 cm³/mol. The lowest BCUT2D eigenvalue weighted by Gasteiger charge is -2.42. The van der Waals surface area contributed by atoms with E-state index in [0.29, 0.717) is 65.3 Å². The second-order valence-corrected chi connectivity index (χ2v) is 13.2. The van der Waals surface area contributed by atoms with Gasteiger partial charge in [-0.15, -0.1) is 0 Å². The Morgan fingerprint density at radius 1 is 0.830 bits per heavy atom. The summed E-state index contributed by atoms with van der Waals surface area (Å²) in [6, 6.07) is 20.3. The van der Waals surface area contributed by atoms with Gasteiger partial charge in [-0.2, -0.15) is 0 Å². The first-order chi connectivity index (χ1) is 22.8. The summed E-state index contributed by atoms with van der Waals surface area (Å²) in [4.78, 5) is 13.5. The van der Waals surface area contributed by atoms with Crippen LogP contribution in [0, 0.1) is 0 Å². The molecule has 0 saturated carbocycles. The van der Waals surface area contributed by atoms with Crippen LogP contribution in [0.25, 0.3) is 0 Å². The lowest BCUT2D eigenvalue weighted by molar-refractivity contribution is -0.303. The fourth-order valence-corrected chi connectivity index (χ4v) is 6.77. The fourth-order valence-electron chi connectivity index (χ4n) is 6.77. The minimum absolute atomic E-state index is 0.0780. The molecule has 3 aliphatic rings. The third-order valence-electron chi connectivity index (χ3n) is 8.67. The summed E-state index contributed by atoms with van der Waals surface area (Å²) in [6.07, 6.45) is 2.51. The number of rotatable bonds is 18. The molecule has 5 rings (SSSR count). The summed E-state index contributed by atoms with van der Waals surface area (Å²) < 4.78 is 54.0. The summed E-state index contributed by atoms with van der Waals surface area (Å²) in [5, 5.41) is 0. The zero-order chi connectivity index (χ0) is 33.0. The first kappa shape index (κ1) is 36.0. The highest BCUT2D eigenvalue weighted by Crippen LogP contribution is 2.38. The summed E-state index contributed by atoms with van der Waals surface area (Å²) in [5.74, 6) is -1.48. The van der Waals surface area contributed by atoms with Gasteiger partial charge in [0.25, 0.3) is 0 Å². The molecule has 0 amide bonds. The molecule has 0 aliphatic carbocycles. The molecule has 3 heterocycles. The lowest BCUT2D eigenvalue weighted by Crippen LogP contribution is -2.49. The Balaban J connectivity index is 1.15. The van der Waals surface area contributed by atoms with Crippen LogP contribution < -0.4 is 0 Å². The van der Waals surface area contributed by atoms with Crippen molar-refractivity contribution in [2.45, 2.75) is 114 Å². The first-order valence-corrected chi connectivity index (χ1v) is 16.9. The SMILES string of the molecule is COCOC[C@H]1CC2(C[C@@H](CC(=O)C[C@@H]3C[C@@H](C[C@H](CCOCc4ccccc4)OCc4ccccc4)OC(C)(C)O3)O1)OCCO2. The van der Waals surface area contributed by atoms with Crippen molar-refractivity contribution in [3.8, 4) is 0 Å². The molecule has 2 aromatic carbocycles. The number of hydrogen-bond acceptors (Lipinski definition) is 10. The Labute approximate surface area is 279 Å². The number of ketones is 1. The summed E-state index contributed by atoms with van der Waals surface area (Å²) in [6.45, 7) is 7.04. The van der Waals surface area contributed by atoms with E-state index in [1.165, 1.54) is 0 Å². The number of methoxy groups -OCH3 is 1. The Bertz CT molecular complexity index is 1190. The maximum absolute atomic E-state index is 13.5. The van der Waals surface area contributed by atoms with Crippen molar-refractivity contribution in [3.05, 3.63) is 71.8 Å². The van der Waals surface area contributed by atoms with Gasteiger partial charge in [-0.05, 0) is 31.4 Å². The van der Waals surface area contributed by atoms with E-state index in [9.17, 15) is 4.79 Å². The largest absolute Gasteiger partial charge is 0.377 e. The topological polar surface area (TPSA) is 100 Å². The minimum atomic E-state index is -0.831. The van der Waals surface area contributed by atoms with Crippen LogP contribution >= 0.6 is 0 Å². The molecule has 3 saturated heterocycles. The number of Topliss-reactive ketones (excluding diaryl/α,β-unsaturated/α-hetero) is 1. The normalized spacial score (nSPS) is 25.9. The van der Waals surface area contributed by atoms with Gasteiger partial charge in [-0.25, -0.2) is 0 Å². The highest BCUT2D eigenvalue weighted by molar-refractivity contribution is 5.79. The summed E-state index contributed by atoms with van der Waals surface area (Å²) >= 11 is 0. The zero-order valence-electron chi connectivity index (χ0n) is 28.1. The second-order valence-electron chi connectivity index (χ2n) is 13.2. The summed E-state index contributed by atoms with van der Waals surface area (Å²) in [5.41, 5.74) is 2.26. The van der Waals surface area contributed by atoms with Gasteiger partial charge in [0, 0.05) is 52.2 Å². The molecule has 0 unspecified atom stereocenters. The van der Waals surface area contributed by atoms with Crippen molar-refractivity contribution in [2.24, 2.45) is 0 Å². The van der Waals surface area contributed by atoms with E-state index in [0.717, 1.165) is 17.5 Å². The number of hydrogen-bond donors (Lipinski definition) is 0. The van der Waals surface area contributed by atoms with Crippen molar-refractivity contribution >= 4 is 5.78 Å². The molecule has 3 fully saturated rings. The van der Waals surface area contributed by atoms with E-state index in [4.69, 9.17) is 42.6 Å². The molecule has 0 aromatic heterocycles. The van der Waals surface area contributed by atoms with Crippen LogP contribution in [0.5, 0.6) is 0 Å². The van der Waals surface area contributed by atoms with Crippen LogP contribution in [-0.4, -0.2) is 88.2 Å². The molecule has 10 nitrogen and oxygen atoms in total. The Morgan fingerprint density at radius 3 is 2.17 bits per heavy atom. The Hall–Kier alpha value is -2.25. The molecule has 5 atom stereocenters. The van der Waals surface area contributed by atoms with Crippen molar-refractivity contribution < 1.29 is 47.4 Å². The third kappa shape index (κ3) is 12.0. The molecule has 1 spiro atoms. The first-order valence-electron chi connectivity index (χ1n) is 16.9. The van der Waals surface area contributed by atoms with Gasteiger partial charge in [0.1, 0.15) is 12.6 Å². The number of ether oxygens (including phenoxy) is 9. The number of benzene rings is 2. The molecular weight excluding hydrogens is 604 g/mol. The van der Waals surface area contributed by atoms with Gasteiger partial charge in [-0.3, -0.25) is 4.79 Å². The molecule has 10 heteroatoms. The van der Waals surface area contributed by atoms with Crippen LogP contribution in [0.15, 0.2) is 60.7 Å². The lowest BCUT2D eigenvalue weighted by atomic mass is 9.92. The molecule has 0 bridgehead atoms. The van der Waals surface area contributed by atoms with Gasteiger partial charge >= 0.3 is 0 Å². The van der Waals surface area contributed by atoms with Gasteiger partial charge in [0.2, 0.25) is 0 Å². The van der Waals surface area contributed by atoms with E-state index in [1.807, 2.05) is 50.2 Å². The highest BCUT2D eigenvalue weighted by Gasteiger charge is 2.46. The highest BCUT2D eigenvalue weighted by atomic mass is 16.7. The van der Waals surface area contributed by atoms with Gasteiger partial charge in [0.05, 0.1) is 63.6 Å². The van der Waals surface area contributed by atoms with Crippen LogP contribution in [0.3, 0.4) is 0 Å². The molecule has 260 valence electrons. The van der Waals surface area contributed by atoms with E-state index >= 15 is 0 Å². The van der Waals surface area contributed by atoms with Gasteiger partial charge in [0.15, 0.2) is 11.6 Å². The molecule has 47 heavy (non-hydrogen) atoms. The fraction of sp³-hybridized carbons (Fsp3) is 0.649. The minimum Gasteiger partial charge on any atom is -0.377 e. The van der Waals surface area contributed by atoms with E-state index in [2.05, 4.69) is 24.3 Å².